The highest BCUT2D eigenvalue weighted by atomic mass is 16.5. The summed E-state index contributed by atoms with van der Waals surface area (Å²) in [5.41, 5.74) is 0. The minimum atomic E-state index is 0.396. The molecule has 3 aliphatic rings. The molecule has 2 nitrogen and oxygen atoms in total. The Hall–Kier alpha value is -0.370. The van der Waals surface area contributed by atoms with Crippen LogP contribution in [-0.4, -0.2) is 19.0 Å². The van der Waals surface area contributed by atoms with Crippen LogP contribution in [0, 0.1) is 23.7 Å². The molecule has 0 aromatic rings. The highest BCUT2D eigenvalue weighted by Crippen LogP contribution is 2.52. The first-order valence-corrected chi connectivity index (χ1v) is 4.49. The largest absolute Gasteiger partial charge is 0.381 e. The SMILES string of the molecule is O=C1C2CCC1C1COCC21. The van der Waals surface area contributed by atoms with Crippen molar-refractivity contribution in [2.24, 2.45) is 23.7 Å². The van der Waals surface area contributed by atoms with Crippen molar-refractivity contribution in [3.63, 3.8) is 0 Å². The van der Waals surface area contributed by atoms with E-state index in [-0.39, 0.29) is 0 Å². The van der Waals surface area contributed by atoms with Crippen LogP contribution in [0.25, 0.3) is 0 Å². The van der Waals surface area contributed by atoms with Crippen molar-refractivity contribution in [2.45, 2.75) is 12.8 Å². The van der Waals surface area contributed by atoms with E-state index in [9.17, 15) is 4.79 Å². The Kier molecular flexibility index (Phi) is 1.05. The van der Waals surface area contributed by atoms with E-state index in [1.165, 1.54) is 0 Å². The summed E-state index contributed by atoms with van der Waals surface area (Å²) in [4.78, 5) is 11.5. The highest BCUT2D eigenvalue weighted by molar-refractivity contribution is 5.88. The highest BCUT2D eigenvalue weighted by Gasteiger charge is 2.55. The van der Waals surface area contributed by atoms with E-state index >= 15 is 0 Å². The molecule has 3 rings (SSSR count). The van der Waals surface area contributed by atoms with Gasteiger partial charge in [-0.1, -0.05) is 0 Å². The molecule has 1 saturated heterocycles. The number of hydrogen-bond donors (Lipinski definition) is 0. The zero-order chi connectivity index (χ0) is 7.42. The monoisotopic (exact) mass is 152 g/mol. The Morgan fingerprint density at radius 1 is 1.09 bits per heavy atom. The smallest absolute Gasteiger partial charge is 0.139 e. The molecule has 2 heteroatoms. The van der Waals surface area contributed by atoms with Crippen LogP contribution < -0.4 is 0 Å². The Morgan fingerprint density at radius 3 is 2.18 bits per heavy atom. The van der Waals surface area contributed by atoms with E-state index in [0.29, 0.717) is 29.5 Å². The predicted molar refractivity (Wildman–Crippen MR) is 39.0 cm³/mol. The fraction of sp³-hybridized carbons (Fsp3) is 0.889. The maximum atomic E-state index is 11.5. The van der Waals surface area contributed by atoms with Gasteiger partial charge in [-0.2, -0.15) is 0 Å². The van der Waals surface area contributed by atoms with Crippen LogP contribution in [0.3, 0.4) is 0 Å². The summed E-state index contributed by atoms with van der Waals surface area (Å²) in [6.45, 7) is 1.72. The summed E-state index contributed by atoms with van der Waals surface area (Å²) in [5, 5.41) is 0. The molecular formula is C9H12O2. The lowest BCUT2D eigenvalue weighted by Gasteiger charge is -2.19. The summed E-state index contributed by atoms with van der Waals surface area (Å²) in [6.07, 6.45) is 2.29. The number of ketones is 1. The second-order valence-corrected chi connectivity index (χ2v) is 4.06. The summed E-state index contributed by atoms with van der Waals surface area (Å²) in [7, 11) is 0. The van der Waals surface area contributed by atoms with Crippen LogP contribution in [0.5, 0.6) is 0 Å². The number of Topliss-reactive ketones (excluding diaryl/α,β-unsaturated/α-hetero) is 1. The quantitative estimate of drug-likeness (QED) is 0.514. The van der Waals surface area contributed by atoms with Gasteiger partial charge in [0.1, 0.15) is 5.78 Å². The lowest BCUT2D eigenvalue weighted by atomic mass is 9.82. The molecule has 4 unspecified atom stereocenters. The van der Waals surface area contributed by atoms with Gasteiger partial charge in [-0.05, 0) is 24.7 Å². The van der Waals surface area contributed by atoms with Crippen LogP contribution in [0.1, 0.15) is 12.8 Å². The zero-order valence-electron chi connectivity index (χ0n) is 6.45. The van der Waals surface area contributed by atoms with E-state index in [1.54, 1.807) is 0 Å². The molecule has 2 saturated carbocycles. The average Bonchev–Trinajstić information content (AvgIpc) is 2.61. The second kappa shape index (κ2) is 1.86. The molecule has 60 valence electrons. The van der Waals surface area contributed by atoms with Gasteiger partial charge in [0.05, 0.1) is 13.2 Å². The van der Waals surface area contributed by atoms with Crippen molar-refractivity contribution in [1.29, 1.82) is 0 Å². The second-order valence-electron chi connectivity index (χ2n) is 4.06. The molecule has 3 fully saturated rings. The van der Waals surface area contributed by atoms with Gasteiger partial charge in [0.2, 0.25) is 0 Å². The maximum Gasteiger partial charge on any atom is 0.139 e. The first-order valence-electron chi connectivity index (χ1n) is 4.49. The molecule has 1 aliphatic heterocycles. The molecule has 0 amide bonds. The topological polar surface area (TPSA) is 26.3 Å². The normalized spacial score (nSPS) is 53.6. The van der Waals surface area contributed by atoms with Gasteiger partial charge in [0.15, 0.2) is 0 Å². The first-order chi connectivity index (χ1) is 5.38. The van der Waals surface area contributed by atoms with Crippen LogP contribution in [-0.2, 0) is 9.53 Å². The zero-order valence-corrected chi connectivity index (χ0v) is 6.45. The van der Waals surface area contributed by atoms with E-state index in [0.717, 1.165) is 26.1 Å². The molecule has 0 radical (unpaired) electrons. The van der Waals surface area contributed by atoms with Crippen LogP contribution >= 0.6 is 0 Å². The minimum absolute atomic E-state index is 0.396. The van der Waals surface area contributed by atoms with Crippen LogP contribution in [0.4, 0.5) is 0 Å². The molecule has 4 atom stereocenters. The summed E-state index contributed by atoms with van der Waals surface area (Å²) in [6, 6.07) is 0. The fourth-order valence-electron chi connectivity index (χ4n) is 3.19. The van der Waals surface area contributed by atoms with Gasteiger partial charge in [0, 0.05) is 11.8 Å². The molecule has 0 aromatic heterocycles. The van der Waals surface area contributed by atoms with Crippen molar-refractivity contribution >= 4 is 5.78 Å². The number of rotatable bonds is 0. The van der Waals surface area contributed by atoms with E-state index < -0.39 is 0 Å². The third-order valence-electron chi connectivity index (χ3n) is 3.72. The maximum absolute atomic E-state index is 11.5. The molecule has 0 spiro atoms. The van der Waals surface area contributed by atoms with Gasteiger partial charge in [-0.3, -0.25) is 4.79 Å². The summed E-state index contributed by atoms with van der Waals surface area (Å²) in [5.74, 6) is 2.57. The standard InChI is InChI=1S/C9H12O2/c10-9-5-1-2-6(9)8-4-11-3-7(5)8/h5-8H,1-4H2. The number of hydrogen-bond acceptors (Lipinski definition) is 2. The lowest BCUT2D eigenvalue weighted by molar-refractivity contribution is -0.122. The summed E-state index contributed by atoms with van der Waals surface area (Å²) < 4.78 is 5.39. The number of carbonyl (C=O) groups excluding carboxylic acids is 1. The Bertz CT molecular complexity index is 192. The fourth-order valence-corrected chi connectivity index (χ4v) is 3.19. The van der Waals surface area contributed by atoms with Gasteiger partial charge >= 0.3 is 0 Å². The minimum Gasteiger partial charge on any atom is -0.381 e. The molecule has 1 heterocycles. The van der Waals surface area contributed by atoms with Crippen molar-refractivity contribution in [3.8, 4) is 0 Å². The van der Waals surface area contributed by atoms with E-state index in [2.05, 4.69) is 0 Å². The van der Waals surface area contributed by atoms with Crippen LogP contribution in [0.2, 0.25) is 0 Å². The van der Waals surface area contributed by atoms with Crippen molar-refractivity contribution < 1.29 is 9.53 Å². The van der Waals surface area contributed by atoms with Gasteiger partial charge in [0.25, 0.3) is 0 Å². The van der Waals surface area contributed by atoms with Gasteiger partial charge < -0.3 is 4.74 Å². The van der Waals surface area contributed by atoms with Crippen molar-refractivity contribution in [3.05, 3.63) is 0 Å². The third kappa shape index (κ3) is 0.598. The van der Waals surface area contributed by atoms with Crippen molar-refractivity contribution in [1.82, 2.24) is 0 Å². The molecule has 0 aromatic carbocycles. The van der Waals surface area contributed by atoms with E-state index in [1.807, 2.05) is 0 Å². The molecule has 11 heavy (non-hydrogen) atoms. The predicted octanol–water partition coefficient (Wildman–Crippen LogP) is 0.858. The molecule has 2 aliphatic carbocycles. The Labute approximate surface area is 65.9 Å². The third-order valence-corrected chi connectivity index (χ3v) is 3.72. The number of ether oxygens (including phenoxy) is 1. The average molecular weight is 152 g/mol. The van der Waals surface area contributed by atoms with Crippen molar-refractivity contribution in [2.75, 3.05) is 13.2 Å². The van der Waals surface area contributed by atoms with Gasteiger partial charge in [-0.25, -0.2) is 0 Å². The number of fused-ring (bicyclic) bond motifs is 5. The molecule has 2 bridgehead atoms. The summed E-state index contributed by atoms with van der Waals surface area (Å²) >= 11 is 0. The Morgan fingerprint density at radius 2 is 1.64 bits per heavy atom. The number of carbonyl (C=O) groups is 1. The lowest BCUT2D eigenvalue weighted by Crippen LogP contribution is -2.19. The molecular weight excluding hydrogens is 140 g/mol. The van der Waals surface area contributed by atoms with E-state index in [4.69, 9.17) is 4.74 Å². The van der Waals surface area contributed by atoms with Crippen LogP contribution in [0.15, 0.2) is 0 Å². The Balaban J connectivity index is 1.99. The first kappa shape index (κ1) is 6.18. The van der Waals surface area contributed by atoms with Gasteiger partial charge in [-0.15, -0.1) is 0 Å². The molecule has 0 N–H and O–H groups in total.